The summed E-state index contributed by atoms with van der Waals surface area (Å²) < 4.78 is 13.1. The summed E-state index contributed by atoms with van der Waals surface area (Å²) in [6.45, 7) is 0.649. The topological polar surface area (TPSA) is 40.6 Å². The lowest BCUT2D eigenvalue weighted by Crippen LogP contribution is -2.46. The Bertz CT molecular complexity index is 786. The maximum Gasteiger partial charge on any atom is 0.254 e. The molecule has 28 heavy (non-hydrogen) atoms. The van der Waals surface area contributed by atoms with Crippen LogP contribution in [0.4, 0.5) is 4.39 Å². The lowest BCUT2D eigenvalue weighted by Gasteiger charge is -2.31. The molecule has 3 rings (SSSR count). The lowest BCUT2D eigenvalue weighted by atomic mass is 10.1. The van der Waals surface area contributed by atoms with Gasteiger partial charge in [0.2, 0.25) is 5.91 Å². The van der Waals surface area contributed by atoms with Crippen molar-refractivity contribution in [1.82, 2.24) is 9.80 Å². The molecule has 2 amide bonds. The molecule has 0 unspecified atom stereocenters. The highest BCUT2D eigenvalue weighted by Crippen LogP contribution is 2.24. The van der Waals surface area contributed by atoms with Crippen LogP contribution in [0.2, 0.25) is 0 Å². The van der Waals surface area contributed by atoms with Crippen LogP contribution in [0.25, 0.3) is 0 Å². The first-order valence-corrected chi connectivity index (χ1v) is 9.89. The van der Waals surface area contributed by atoms with E-state index in [-0.39, 0.29) is 30.2 Å². The van der Waals surface area contributed by atoms with Crippen molar-refractivity contribution in [3.63, 3.8) is 0 Å². The molecule has 1 saturated carbocycles. The van der Waals surface area contributed by atoms with Gasteiger partial charge in [0, 0.05) is 25.2 Å². The van der Waals surface area contributed by atoms with Crippen molar-refractivity contribution >= 4 is 11.8 Å². The minimum absolute atomic E-state index is 0.0270. The molecule has 0 spiro atoms. The standard InChI is InChI=1S/C23H27FN2O2/c1-25(23(28)19-7-3-2-4-8-19)17-22(27)26(21-9-5-6-10-21)16-15-18-11-13-20(24)14-12-18/h2-4,7-8,11-14,21H,5-6,9-10,15-17H2,1H3. The Labute approximate surface area is 166 Å². The van der Waals surface area contributed by atoms with Crippen LogP contribution < -0.4 is 0 Å². The normalized spacial score (nSPS) is 14.1. The number of rotatable bonds is 7. The molecule has 0 heterocycles. The van der Waals surface area contributed by atoms with Crippen molar-refractivity contribution in [3.05, 3.63) is 71.5 Å². The fraction of sp³-hybridized carbons (Fsp3) is 0.391. The van der Waals surface area contributed by atoms with Crippen molar-refractivity contribution in [2.24, 2.45) is 0 Å². The second-order valence-electron chi connectivity index (χ2n) is 7.43. The van der Waals surface area contributed by atoms with Gasteiger partial charge in [-0.25, -0.2) is 4.39 Å². The first-order valence-electron chi connectivity index (χ1n) is 9.89. The van der Waals surface area contributed by atoms with Crippen LogP contribution in [0.1, 0.15) is 41.6 Å². The van der Waals surface area contributed by atoms with E-state index in [1.165, 1.54) is 17.0 Å². The lowest BCUT2D eigenvalue weighted by molar-refractivity contribution is -0.133. The first kappa shape index (κ1) is 20.1. The maximum absolute atomic E-state index is 13.1. The molecule has 0 aromatic heterocycles. The Balaban J connectivity index is 1.64. The molecule has 2 aromatic rings. The molecule has 0 saturated heterocycles. The van der Waals surface area contributed by atoms with E-state index in [9.17, 15) is 14.0 Å². The SMILES string of the molecule is CN(CC(=O)N(CCc1ccc(F)cc1)C1CCCC1)C(=O)c1ccccc1. The van der Waals surface area contributed by atoms with Crippen molar-refractivity contribution in [3.8, 4) is 0 Å². The van der Waals surface area contributed by atoms with Gasteiger partial charge in [-0.1, -0.05) is 43.2 Å². The molecule has 1 fully saturated rings. The summed E-state index contributed by atoms with van der Waals surface area (Å²) in [5.41, 5.74) is 1.59. The van der Waals surface area contributed by atoms with Gasteiger partial charge in [0.1, 0.15) is 5.82 Å². The summed E-state index contributed by atoms with van der Waals surface area (Å²) in [5.74, 6) is -0.437. The highest BCUT2D eigenvalue weighted by Gasteiger charge is 2.28. The van der Waals surface area contributed by atoms with Crippen molar-refractivity contribution in [2.45, 2.75) is 38.1 Å². The molecule has 0 radical (unpaired) electrons. The summed E-state index contributed by atoms with van der Waals surface area (Å²) in [6.07, 6.45) is 4.95. The number of hydrogen-bond donors (Lipinski definition) is 0. The molecule has 0 bridgehead atoms. The van der Waals surface area contributed by atoms with E-state index in [1.54, 1.807) is 31.3 Å². The minimum atomic E-state index is -0.256. The third kappa shape index (κ3) is 5.18. The van der Waals surface area contributed by atoms with Gasteiger partial charge < -0.3 is 9.80 Å². The molecule has 1 aliphatic carbocycles. The Morgan fingerprint density at radius 1 is 1.00 bits per heavy atom. The van der Waals surface area contributed by atoms with Crippen LogP contribution in [-0.4, -0.2) is 47.8 Å². The van der Waals surface area contributed by atoms with Crippen LogP contribution in [0.3, 0.4) is 0 Å². The molecule has 1 aliphatic rings. The van der Waals surface area contributed by atoms with Gasteiger partial charge in [-0.3, -0.25) is 9.59 Å². The fourth-order valence-corrected chi connectivity index (χ4v) is 3.79. The first-order chi connectivity index (χ1) is 13.5. The van der Waals surface area contributed by atoms with Gasteiger partial charge >= 0.3 is 0 Å². The average molecular weight is 382 g/mol. The number of amides is 2. The van der Waals surface area contributed by atoms with Gasteiger partial charge in [-0.05, 0) is 49.1 Å². The van der Waals surface area contributed by atoms with Crippen molar-refractivity contribution in [1.29, 1.82) is 0 Å². The maximum atomic E-state index is 13.1. The monoisotopic (exact) mass is 382 g/mol. The Morgan fingerprint density at radius 2 is 1.64 bits per heavy atom. The highest BCUT2D eigenvalue weighted by atomic mass is 19.1. The van der Waals surface area contributed by atoms with E-state index in [2.05, 4.69) is 0 Å². The largest absolute Gasteiger partial charge is 0.338 e. The number of halogens is 1. The van der Waals surface area contributed by atoms with Gasteiger partial charge in [0.25, 0.3) is 5.91 Å². The molecule has 2 aromatic carbocycles. The molecule has 0 N–H and O–H groups in total. The van der Waals surface area contributed by atoms with Crippen LogP contribution in [-0.2, 0) is 11.2 Å². The second kappa shape index (κ2) is 9.49. The van der Waals surface area contributed by atoms with E-state index >= 15 is 0 Å². The average Bonchev–Trinajstić information content (AvgIpc) is 3.24. The molecular formula is C23H27FN2O2. The van der Waals surface area contributed by atoms with E-state index in [1.807, 2.05) is 23.1 Å². The third-order valence-electron chi connectivity index (χ3n) is 5.38. The minimum Gasteiger partial charge on any atom is -0.338 e. The molecule has 4 nitrogen and oxygen atoms in total. The van der Waals surface area contributed by atoms with Gasteiger partial charge in [0.15, 0.2) is 0 Å². The molecule has 0 aliphatic heterocycles. The zero-order valence-electron chi connectivity index (χ0n) is 16.3. The van der Waals surface area contributed by atoms with E-state index in [4.69, 9.17) is 0 Å². The van der Waals surface area contributed by atoms with Gasteiger partial charge in [-0.15, -0.1) is 0 Å². The predicted molar refractivity (Wildman–Crippen MR) is 107 cm³/mol. The summed E-state index contributed by atoms with van der Waals surface area (Å²) >= 11 is 0. The molecular weight excluding hydrogens is 355 g/mol. The third-order valence-corrected chi connectivity index (χ3v) is 5.38. The van der Waals surface area contributed by atoms with E-state index < -0.39 is 0 Å². The zero-order valence-corrected chi connectivity index (χ0v) is 16.3. The van der Waals surface area contributed by atoms with Crippen molar-refractivity contribution < 1.29 is 14.0 Å². The Kier molecular flexibility index (Phi) is 6.80. The van der Waals surface area contributed by atoms with Crippen LogP contribution in [0, 0.1) is 5.82 Å². The number of hydrogen-bond acceptors (Lipinski definition) is 2. The molecule has 0 atom stereocenters. The van der Waals surface area contributed by atoms with Crippen LogP contribution >= 0.6 is 0 Å². The Morgan fingerprint density at radius 3 is 2.29 bits per heavy atom. The van der Waals surface area contributed by atoms with E-state index in [0.717, 1.165) is 31.2 Å². The summed E-state index contributed by atoms with van der Waals surface area (Å²) in [5, 5.41) is 0. The van der Waals surface area contributed by atoms with Gasteiger partial charge in [-0.2, -0.15) is 0 Å². The van der Waals surface area contributed by atoms with E-state index in [0.29, 0.717) is 18.5 Å². The summed E-state index contributed by atoms with van der Waals surface area (Å²) in [6, 6.07) is 15.7. The number of benzene rings is 2. The number of likely N-dealkylation sites (N-methyl/N-ethyl adjacent to an activating group) is 1. The highest BCUT2D eigenvalue weighted by molar-refractivity contribution is 5.96. The summed E-state index contributed by atoms with van der Waals surface area (Å²) in [4.78, 5) is 29.0. The number of carbonyl (C=O) groups is 2. The van der Waals surface area contributed by atoms with Crippen molar-refractivity contribution in [2.75, 3.05) is 20.1 Å². The quantitative estimate of drug-likeness (QED) is 0.728. The number of carbonyl (C=O) groups excluding carboxylic acids is 2. The van der Waals surface area contributed by atoms with Gasteiger partial charge in [0.05, 0.1) is 6.54 Å². The number of nitrogens with zero attached hydrogens (tertiary/aromatic N) is 2. The fourth-order valence-electron chi connectivity index (χ4n) is 3.79. The van der Waals surface area contributed by atoms with Crippen LogP contribution in [0.15, 0.2) is 54.6 Å². The van der Waals surface area contributed by atoms with Crippen LogP contribution in [0.5, 0.6) is 0 Å². The second-order valence-corrected chi connectivity index (χ2v) is 7.43. The Hall–Kier alpha value is -2.69. The summed E-state index contributed by atoms with van der Waals surface area (Å²) in [7, 11) is 1.67. The zero-order chi connectivity index (χ0) is 19.9. The smallest absolute Gasteiger partial charge is 0.254 e. The predicted octanol–water partition coefficient (Wildman–Crippen LogP) is 3.91. The molecule has 148 valence electrons. The molecule has 5 heteroatoms.